The van der Waals surface area contributed by atoms with Crippen LogP contribution in [0, 0.1) is 6.92 Å². The fourth-order valence-corrected chi connectivity index (χ4v) is 2.60. The van der Waals surface area contributed by atoms with E-state index >= 15 is 0 Å². The number of anilines is 2. The summed E-state index contributed by atoms with van der Waals surface area (Å²) in [5.74, 6) is 1.98. The molecule has 0 atom stereocenters. The van der Waals surface area contributed by atoms with Crippen molar-refractivity contribution >= 4 is 18.2 Å². The van der Waals surface area contributed by atoms with Crippen LogP contribution in [0.2, 0.25) is 0 Å². The first-order valence-corrected chi connectivity index (χ1v) is 7.33. The van der Waals surface area contributed by atoms with E-state index in [1.54, 1.807) is 0 Å². The highest BCUT2D eigenvalue weighted by atomic mass is 16.3. The Morgan fingerprint density at radius 3 is 2.33 bits per heavy atom. The predicted molar refractivity (Wildman–Crippen MR) is 82.9 cm³/mol. The molecule has 0 bridgehead atoms. The fraction of sp³-hybridized carbons (Fsp3) is 0.533. The zero-order valence-electron chi connectivity index (χ0n) is 12.4. The summed E-state index contributed by atoms with van der Waals surface area (Å²) in [7, 11) is 0. The largest absolute Gasteiger partial charge is 0.483 e. The van der Waals surface area contributed by atoms with Gasteiger partial charge in [-0.15, -0.1) is 0 Å². The second-order valence-electron chi connectivity index (χ2n) is 5.20. The molecule has 0 aromatic carbocycles. The van der Waals surface area contributed by atoms with Crippen LogP contribution in [0.25, 0.3) is 0 Å². The van der Waals surface area contributed by atoms with Gasteiger partial charge in [-0.3, -0.25) is 4.79 Å². The second-order valence-corrected chi connectivity index (χ2v) is 5.20. The highest BCUT2D eigenvalue weighted by Crippen LogP contribution is 2.21. The molecule has 21 heavy (non-hydrogen) atoms. The topological polar surface area (TPSA) is 69.6 Å². The summed E-state index contributed by atoms with van der Waals surface area (Å²) < 4.78 is 0. The summed E-state index contributed by atoms with van der Waals surface area (Å²) >= 11 is 0. The molecule has 2 aliphatic rings. The molecule has 0 spiro atoms. The number of rotatable bonds is 2. The summed E-state index contributed by atoms with van der Waals surface area (Å²) in [5, 5.41) is 6.89. The van der Waals surface area contributed by atoms with Crippen molar-refractivity contribution < 1.29 is 9.90 Å². The molecule has 0 radical (unpaired) electrons. The lowest BCUT2D eigenvalue weighted by Crippen LogP contribution is -2.32. The molecule has 114 valence electrons. The van der Waals surface area contributed by atoms with Gasteiger partial charge < -0.3 is 14.9 Å². The van der Waals surface area contributed by atoms with Gasteiger partial charge >= 0.3 is 0 Å². The lowest BCUT2D eigenvalue weighted by Gasteiger charge is -2.28. The molecular formula is C15H22N4O2. The monoisotopic (exact) mass is 290 g/mol. The number of aryl methyl sites for hydroxylation is 1. The van der Waals surface area contributed by atoms with Crippen molar-refractivity contribution in [3.05, 3.63) is 23.9 Å². The Labute approximate surface area is 125 Å². The number of hydrogen-bond acceptors (Lipinski definition) is 5. The number of aromatic nitrogens is 2. The van der Waals surface area contributed by atoms with Crippen molar-refractivity contribution in [3.63, 3.8) is 0 Å². The Kier molecular flexibility index (Phi) is 5.54. The van der Waals surface area contributed by atoms with Crippen molar-refractivity contribution in [2.75, 3.05) is 36.0 Å². The Morgan fingerprint density at radius 1 is 1.10 bits per heavy atom. The van der Waals surface area contributed by atoms with Gasteiger partial charge in [0, 0.05) is 37.9 Å². The Morgan fingerprint density at radius 2 is 1.71 bits per heavy atom. The van der Waals surface area contributed by atoms with E-state index in [1.807, 2.05) is 0 Å². The van der Waals surface area contributed by atoms with Gasteiger partial charge in [-0.1, -0.05) is 12.2 Å². The van der Waals surface area contributed by atoms with E-state index in [2.05, 4.69) is 39.9 Å². The standard InChI is InChI=1S/C14H20N4.CH2O2/c1-12-11-13(17-7-5-6-8-17)16-14(15-12)18-9-3-2-4-10-18;2-1-3/h5-6,11H,2-4,7-10H2,1H3;1H,(H,2,3). The average Bonchev–Trinajstić information content (AvgIpc) is 3.03. The van der Waals surface area contributed by atoms with Gasteiger partial charge in [-0.2, -0.15) is 4.98 Å². The highest BCUT2D eigenvalue weighted by Gasteiger charge is 2.17. The SMILES string of the molecule is Cc1cc(N2CC=CC2)nc(N2CCCCC2)n1.O=CO. The van der Waals surface area contributed by atoms with E-state index < -0.39 is 0 Å². The zero-order valence-corrected chi connectivity index (χ0v) is 12.4. The van der Waals surface area contributed by atoms with E-state index in [9.17, 15) is 0 Å². The second kappa shape index (κ2) is 7.61. The Balaban J connectivity index is 0.000000497. The Hall–Kier alpha value is -2.11. The number of carboxylic acid groups (broad SMARTS) is 1. The molecule has 1 aromatic rings. The van der Waals surface area contributed by atoms with Crippen molar-refractivity contribution in [2.24, 2.45) is 0 Å². The molecule has 1 saturated heterocycles. The molecule has 3 rings (SSSR count). The maximum atomic E-state index is 8.36. The molecule has 0 unspecified atom stereocenters. The molecule has 6 heteroatoms. The van der Waals surface area contributed by atoms with Crippen molar-refractivity contribution in [2.45, 2.75) is 26.2 Å². The van der Waals surface area contributed by atoms with Gasteiger partial charge in [0.25, 0.3) is 6.47 Å². The molecule has 6 nitrogen and oxygen atoms in total. The maximum Gasteiger partial charge on any atom is 0.290 e. The summed E-state index contributed by atoms with van der Waals surface area (Å²) in [6.45, 7) is 5.94. The van der Waals surface area contributed by atoms with Crippen molar-refractivity contribution in [3.8, 4) is 0 Å². The van der Waals surface area contributed by atoms with Crippen LogP contribution in [0.5, 0.6) is 0 Å². The van der Waals surface area contributed by atoms with Crippen molar-refractivity contribution in [1.29, 1.82) is 0 Å². The number of nitrogens with zero attached hydrogens (tertiary/aromatic N) is 4. The van der Waals surface area contributed by atoms with Crippen LogP contribution < -0.4 is 9.80 Å². The van der Waals surface area contributed by atoms with Gasteiger partial charge in [0.05, 0.1) is 0 Å². The lowest BCUT2D eigenvalue weighted by molar-refractivity contribution is -0.122. The van der Waals surface area contributed by atoms with E-state index in [-0.39, 0.29) is 6.47 Å². The number of piperidine rings is 1. The van der Waals surface area contributed by atoms with Crippen LogP contribution in [0.3, 0.4) is 0 Å². The molecule has 1 aromatic heterocycles. The number of carbonyl (C=O) groups is 1. The fourth-order valence-electron chi connectivity index (χ4n) is 2.60. The zero-order chi connectivity index (χ0) is 15.1. The molecule has 1 N–H and O–H groups in total. The van der Waals surface area contributed by atoms with Crippen LogP contribution in [0.4, 0.5) is 11.8 Å². The number of hydrogen-bond donors (Lipinski definition) is 1. The molecule has 0 amide bonds. The van der Waals surface area contributed by atoms with Crippen LogP contribution in [0.1, 0.15) is 25.0 Å². The minimum atomic E-state index is -0.250. The van der Waals surface area contributed by atoms with Gasteiger partial charge in [0.15, 0.2) is 0 Å². The highest BCUT2D eigenvalue weighted by molar-refractivity contribution is 5.48. The smallest absolute Gasteiger partial charge is 0.290 e. The first-order chi connectivity index (χ1) is 10.2. The minimum Gasteiger partial charge on any atom is -0.483 e. The maximum absolute atomic E-state index is 8.36. The predicted octanol–water partition coefficient (Wildman–Crippen LogP) is 1.85. The van der Waals surface area contributed by atoms with Crippen molar-refractivity contribution in [1.82, 2.24) is 9.97 Å². The molecule has 0 saturated carbocycles. The third-order valence-electron chi connectivity index (χ3n) is 3.61. The normalized spacial score (nSPS) is 17.4. The van der Waals surface area contributed by atoms with Gasteiger partial charge in [-0.25, -0.2) is 4.98 Å². The first-order valence-electron chi connectivity index (χ1n) is 7.33. The van der Waals surface area contributed by atoms with Gasteiger partial charge in [0.1, 0.15) is 5.82 Å². The summed E-state index contributed by atoms with van der Waals surface area (Å²) in [5.41, 5.74) is 1.06. The van der Waals surface area contributed by atoms with Crippen LogP contribution in [-0.4, -0.2) is 47.7 Å². The summed E-state index contributed by atoms with van der Waals surface area (Å²) in [6.07, 6.45) is 8.25. The third-order valence-corrected chi connectivity index (χ3v) is 3.61. The van der Waals surface area contributed by atoms with E-state index in [1.165, 1.54) is 19.3 Å². The molecule has 3 heterocycles. The van der Waals surface area contributed by atoms with Crippen LogP contribution in [0.15, 0.2) is 18.2 Å². The quantitative estimate of drug-likeness (QED) is 0.662. The average molecular weight is 290 g/mol. The lowest BCUT2D eigenvalue weighted by atomic mass is 10.1. The summed E-state index contributed by atoms with van der Waals surface area (Å²) in [6, 6.07) is 2.08. The van der Waals surface area contributed by atoms with E-state index in [4.69, 9.17) is 14.9 Å². The van der Waals surface area contributed by atoms with Gasteiger partial charge in [0.2, 0.25) is 5.95 Å². The molecular weight excluding hydrogens is 268 g/mol. The van der Waals surface area contributed by atoms with Crippen LogP contribution in [-0.2, 0) is 4.79 Å². The molecule has 2 aliphatic heterocycles. The van der Waals surface area contributed by atoms with Gasteiger partial charge in [-0.05, 0) is 26.2 Å². The first kappa shape index (κ1) is 15.3. The van der Waals surface area contributed by atoms with E-state index in [0.29, 0.717) is 0 Å². The third kappa shape index (κ3) is 4.18. The van der Waals surface area contributed by atoms with E-state index in [0.717, 1.165) is 43.6 Å². The minimum absolute atomic E-state index is 0.250. The Bertz CT molecular complexity index is 490. The molecule has 0 aliphatic carbocycles. The summed E-state index contributed by atoms with van der Waals surface area (Å²) in [4.78, 5) is 22.3. The molecule has 1 fully saturated rings. The van der Waals surface area contributed by atoms with Crippen LogP contribution >= 0.6 is 0 Å².